The summed E-state index contributed by atoms with van der Waals surface area (Å²) in [5, 5.41) is 3.79. The average Bonchev–Trinajstić information content (AvgIpc) is 2.99. The zero-order valence-electron chi connectivity index (χ0n) is 10.8. The Hall–Kier alpha value is -1.40. The van der Waals surface area contributed by atoms with Gasteiger partial charge in [0.2, 0.25) is 5.89 Å². The molecule has 0 fully saturated rings. The van der Waals surface area contributed by atoms with Crippen molar-refractivity contribution in [3.05, 3.63) is 40.2 Å². The van der Waals surface area contributed by atoms with Crippen LogP contribution in [0.1, 0.15) is 17.5 Å². The number of benzene rings is 1. The first-order valence-electron chi connectivity index (χ1n) is 6.17. The Kier molecular flexibility index (Phi) is 3.76. The lowest BCUT2D eigenvalue weighted by Gasteiger charge is -2.05. The standard InChI is InChI=1S/C13H12BrClN4O/c1-8-16-13(20-18-8)4-5-19-11-6-9(14)2-3-10(11)17-12(19)7-15/h2-3,6H,4-5,7H2,1H3. The van der Waals surface area contributed by atoms with Gasteiger partial charge < -0.3 is 9.09 Å². The molecule has 0 saturated heterocycles. The van der Waals surface area contributed by atoms with Gasteiger partial charge in [0.1, 0.15) is 5.82 Å². The summed E-state index contributed by atoms with van der Waals surface area (Å²) >= 11 is 9.46. The first-order valence-corrected chi connectivity index (χ1v) is 7.50. The molecule has 0 bridgehead atoms. The molecule has 5 nitrogen and oxygen atoms in total. The molecular formula is C13H12BrClN4O. The molecule has 104 valence electrons. The summed E-state index contributed by atoms with van der Waals surface area (Å²) in [7, 11) is 0. The van der Waals surface area contributed by atoms with E-state index in [-0.39, 0.29) is 0 Å². The van der Waals surface area contributed by atoms with Crippen molar-refractivity contribution in [2.45, 2.75) is 25.8 Å². The van der Waals surface area contributed by atoms with Gasteiger partial charge in [0.15, 0.2) is 5.82 Å². The summed E-state index contributed by atoms with van der Waals surface area (Å²) < 4.78 is 8.24. The van der Waals surface area contributed by atoms with Crippen LogP contribution in [0.15, 0.2) is 27.2 Å². The van der Waals surface area contributed by atoms with Gasteiger partial charge in [-0.25, -0.2) is 4.98 Å². The van der Waals surface area contributed by atoms with E-state index >= 15 is 0 Å². The van der Waals surface area contributed by atoms with E-state index in [9.17, 15) is 0 Å². The minimum Gasteiger partial charge on any atom is -0.339 e. The van der Waals surface area contributed by atoms with Crippen LogP contribution in [0.25, 0.3) is 11.0 Å². The van der Waals surface area contributed by atoms with Crippen LogP contribution in [-0.4, -0.2) is 19.7 Å². The van der Waals surface area contributed by atoms with Crippen LogP contribution in [0.4, 0.5) is 0 Å². The molecule has 7 heteroatoms. The third-order valence-electron chi connectivity index (χ3n) is 3.03. The number of halogens is 2. The van der Waals surface area contributed by atoms with Crippen molar-refractivity contribution in [2.24, 2.45) is 0 Å². The molecule has 0 saturated carbocycles. The number of aromatic nitrogens is 4. The van der Waals surface area contributed by atoms with Crippen LogP contribution >= 0.6 is 27.5 Å². The fourth-order valence-electron chi connectivity index (χ4n) is 2.15. The van der Waals surface area contributed by atoms with Gasteiger partial charge >= 0.3 is 0 Å². The highest BCUT2D eigenvalue weighted by Gasteiger charge is 2.12. The smallest absolute Gasteiger partial charge is 0.228 e. The molecule has 20 heavy (non-hydrogen) atoms. The van der Waals surface area contributed by atoms with Crippen molar-refractivity contribution in [2.75, 3.05) is 0 Å². The van der Waals surface area contributed by atoms with Crippen molar-refractivity contribution in [1.82, 2.24) is 19.7 Å². The molecule has 0 amide bonds. The van der Waals surface area contributed by atoms with Gasteiger partial charge in [-0.05, 0) is 25.1 Å². The largest absolute Gasteiger partial charge is 0.339 e. The number of rotatable bonds is 4. The second kappa shape index (κ2) is 5.54. The van der Waals surface area contributed by atoms with E-state index in [1.165, 1.54) is 0 Å². The highest BCUT2D eigenvalue weighted by molar-refractivity contribution is 9.10. The third kappa shape index (κ3) is 2.58. The summed E-state index contributed by atoms with van der Waals surface area (Å²) in [6.45, 7) is 2.51. The Bertz CT molecular complexity index is 752. The number of imidazole rings is 1. The molecular weight excluding hydrogens is 344 g/mol. The summed E-state index contributed by atoms with van der Waals surface area (Å²) in [6, 6.07) is 5.99. The van der Waals surface area contributed by atoms with Crippen molar-refractivity contribution in [3.63, 3.8) is 0 Å². The van der Waals surface area contributed by atoms with Gasteiger partial charge in [0.25, 0.3) is 0 Å². The fraction of sp³-hybridized carbons (Fsp3) is 0.308. The third-order valence-corrected chi connectivity index (χ3v) is 3.76. The van der Waals surface area contributed by atoms with E-state index in [1.54, 1.807) is 6.92 Å². The lowest BCUT2D eigenvalue weighted by Crippen LogP contribution is -2.05. The Balaban J connectivity index is 1.94. The van der Waals surface area contributed by atoms with Gasteiger partial charge in [-0.15, -0.1) is 11.6 Å². The van der Waals surface area contributed by atoms with Crippen LogP contribution in [0.5, 0.6) is 0 Å². The molecule has 2 heterocycles. The van der Waals surface area contributed by atoms with E-state index in [1.807, 2.05) is 18.2 Å². The van der Waals surface area contributed by atoms with Crippen molar-refractivity contribution in [1.29, 1.82) is 0 Å². The topological polar surface area (TPSA) is 56.7 Å². The maximum atomic E-state index is 5.98. The molecule has 3 rings (SSSR count). The molecule has 0 aliphatic carbocycles. The number of alkyl halides is 1. The fourth-order valence-corrected chi connectivity index (χ4v) is 2.70. The normalized spacial score (nSPS) is 11.3. The number of hydrogen-bond acceptors (Lipinski definition) is 4. The minimum atomic E-state index is 0.370. The SMILES string of the molecule is Cc1noc(CCn2c(CCl)nc3ccc(Br)cc32)n1. The van der Waals surface area contributed by atoms with E-state index in [0.29, 0.717) is 30.6 Å². The molecule has 0 aliphatic heterocycles. The molecule has 0 unspecified atom stereocenters. The van der Waals surface area contributed by atoms with Crippen LogP contribution in [0.2, 0.25) is 0 Å². The Morgan fingerprint density at radius 2 is 2.20 bits per heavy atom. The van der Waals surface area contributed by atoms with E-state index < -0.39 is 0 Å². The molecule has 0 spiro atoms. The van der Waals surface area contributed by atoms with Crippen molar-refractivity contribution in [3.8, 4) is 0 Å². The predicted molar refractivity (Wildman–Crippen MR) is 79.7 cm³/mol. The molecule has 0 N–H and O–H groups in total. The van der Waals surface area contributed by atoms with Crippen molar-refractivity contribution < 1.29 is 4.52 Å². The monoisotopic (exact) mass is 354 g/mol. The molecule has 0 aliphatic rings. The predicted octanol–water partition coefficient (Wildman–Crippen LogP) is 3.47. The number of hydrogen-bond donors (Lipinski definition) is 0. The maximum absolute atomic E-state index is 5.98. The van der Waals surface area contributed by atoms with Crippen LogP contribution < -0.4 is 0 Å². The summed E-state index contributed by atoms with van der Waals surface area (Å²) in [4.78, 5) is 8.74. The highest BCUT2D eigenvalue weighted by Crippen LogP contribution is 2.22. The first-order chi connectivity index (χ1) is 9.67. The Morgan fingerprint density at radius 1 is 1.35 bits per heavy atom. The number of aryl methyl sites for hydroxylation is 3. The maximum Gasteiger partial charge on any atom is 0.228 e. The van der Waals surface area contributed by atoms with E-state index in [4.69, 9.17) is 16.1 Å². The summed E-state index contributed by atoms with van der Waals surface area (Å²) in [5.74, 6) is 2.49. The Labute approximate surface area is 129 Å². The van der Waals surface area contributed by atoms with Gasteiger partial charge in [-0.2, -0.15) is 4.98 Å². The quantitative estimate of drug-likeness (QED) is 0.672. The molecule has 0 radical (unpaired) electrons. The molecule has 1 aromatic carbocycles. The molecule has 2 aromatic heterocycles. The zero-order chi connectivity index (χ0) is 14.1. The highest BCUT2D eigenvalue weighted by atomic mass is 79.9. The van der Waals surface area contributed by atoms with E-state index in [2.05, 4.69) is 35.6 Å². The minimum absolute atomic E-state index is 0.370. The zero-order valence-corrected chi connectivity index (χ0v) is 13.1. The molecule has 0 atom stereocenters. The van der Waals surface area contributed by atoms with Crippen molar-refractivity contribution >= 4 is 38.6 Å². The first kappa shape index (κ1) is 13.6. The van der Waals surface area contributed by atoms with E-state index in [0.717, 1.165) is 21.3 Å². The van der Waals surface area contributed by atoms with Crippen LogP contribution in [0, 0.1) is 6.92 Å². The van der Waals surface area contributed by atoms with Crippen LogP contribution in [0.3, 0.4) is 0 Å². The number of nitrogens with zero attached hydrogens (tertiary/aromatic N) is 4. The second-order valence-corrected chi connectivity index (χ2v) is 5.61. The van der Waals surface area contributed by atoms with Gasteiger partial charge in [0.05, 0.1) is 16.9 Å². The average molecular weight is 356 g/mol. The van der Waals surface area contributed by atoms with Gasteiger partial charge in [-0.3, -0.25) is 0 Å². The lowest BCUT2D eigenvalue weighted by atomic mass is 10.3. The second-order valence-electron chi connectivity index (χ2n) is 4.43. The van der Waals surface area contributed by atoms with Crippen LogP contribution in [-0.2, 0) is 18.8 Å². The van der Waals surface area contributed by atoms with Gasteiger partial charge in [-0.1, -0.05) is 21.1 Å². The molecule has 3 aromatic rings. The Morgan fingerprint density at radius 3 is 2.90 bits per heavy atom. The lowest BCUT2D eigenvalue weighted by molar-refractivity contribution is 0.368. The summed E-state index contributed by atoms with van der Waals surface area (Å²) in [5.41, 5.74) is 1.98. The summed E-state index contributed by atoms with van der Waals surface area (Å²) in [6.07, 6.45) is 0.655. The van der Waals surface area contributed by atoms with Gasteiger partial charge in [0, 0.05) is 17.4 Å². The number of fused-ring (bicyclic) bond motifs is 1.